The molecule has 4 saturated heterocycles. The summed E-state index contributed by atoms with van der Waals surface area (Å²) in [5.74, 6) is -0.152. The van der Waals surface area contributed by atoms with Crippen LogP contribution in [0.25, 0.3) is 0 Å². The van der Waals surface area contributed by atoms with Gasteiger partial charge in [0.05, 0.1) is 50.3 Å². The lowest BCUT2D eigenvalue weighted by atomic mass is 9.56. The van der Waals surface area contributed by atoms with Crippen molar-refractivity contribution in [2.24, 2.45) is 33.5 Å². The Kier molecular flexibility index (Phi) is 7.37. The van der Waals surface area contributed by atoms with E-state index in [1.807, 2.05) is 0 Å². The molecule has 6 unspecified atom stereocenters. The zero-order valence-corrected chi connectivity index (χ0v) is 27.0. The van der Waals surface area contributed by atoms with Gasteiger partial charge in [-0.15, -0.1) is 0 Å². The molecule has 0 radical (unpaired) electrons. The summed E-state index contributed by atoms with van der Waals surface area (Å²) in [5, 5.41) is 0. The van der Waals surface area contributed by atoms with Crippen LogP contribution in [0.2, 0.25) is 0 Å². The Labute approximate surface area is 243 Å². The van der Waals surface area contributed by atoms with Crippen molar-refractivity contribution >= 4 is 0 Å². The summed E-state index contributed by atoms with van der Waals surface area (Å²) in [7, 11) is 0. The summed E-state index contributed by atoms with van der Waals surface area (Å²) in [6.45, 7) is 23.1. The predicted molar refractivity (Wildman–Crippen MR) is 155 cm³/mol. The first-order valence-electron chi connectivity index (χ1n) is 16.6. The smallest absolute Gasteiger partial charge is 0.176 e. The Morgan fingerprint density at radius 1 is 0.625 bits per heavy atom. The molecule has 2 aliphatic carbocycles. The van der Waals surface area contributed by atoms with E-state index < -0.39 is 11.6 Å². The van der Waals surface area contributed by atoms with Crippen molar-refractivity contribution in [3.8, 4) is 0 Å². The number of hydrogen-bond donors (Lipinski definition) is 0. The molecule has 0 bridgehead atoms. The van der Waals surface area contributed by atoms with Gasteiger partial charge in [0.25, 0.3) is 0 Å². The lowest BCUT2D eigenvalue weighted by Gasteiger charge is -2.61. The van der Waals surface area contributed by atoms with Gasteiger partial charge >= 0.3 is 0 Å². The molecule has 0 N–H and O–H groups in total. The lowest BCUT2D eigenvalue weighted by molar-refractivity contribution is -0.330. The molecule has 6 heteroatoms. The fourth-order valence-electron chi connectivity index (χ4n) is 10.2. The molecule has 4 heterocycles. The maximum atomic E-state index is 7.09. The third-order valence-corrected chi connectivity index (χ3v) is 12.8. The van der Waals surface area contributed by atoms with E-state index in [4.69, 9.17) is 28.4 Å². The maximum Gasteiger partial charge on any atom is 0.176 e. The molecule has 9 atom stereocenters. The minimum absolute atomic E-state index is 0.0900. The summed E-state index contributed by atoms with van der Waals surface area (Å²) >= 11 is 0. The average Bonchev–Trinajstić information content (AvgIpc) is 3.54. The third kappa shape index (κ3) is 4.39. The van der Waals surface area contributed by atoms with Crippen molar-refractivity contribution in [1.82, 2.24) is 0 Å². The minimum atomic E-state index is -0.568. The highest BCUT2D eigenvalue weighted by molar-refractivity contribution is 5.11. The average molecular weight is 563 g/mol. The normalized spacial score (nSPS) is 48.3. The SMILES string of the molecule is CC(C)C1CCC2(C)CCC3(OCC(CC(C)[C@H]4CCC5(C)CCC6(OCCO6)C(C)(C)[C@@H]5O4)O3)C(C)(C)[C@@H]2O1. The fraction of sp³-hybridized carbons (Fsp3) is 1.00. The second-order valence-electron chi connectivity index (χ2n) is 16.6. The molecule has 2 spiro atoms. The number of rotatable bonds is 4. The summed E-state index contributed by atoms with van der Waals surface area (Å²) < 4.78 is 40.3. The largest absolute Gasteiger partial charge is 0.373 e. The Bertz CT molecular complexity index is 941. The van der Waals surface area contributed by atoms with Crippen LogP contribution < -0.4 is 0 Å². The standard InChI is InChI=1S/C34H58O6/c1-22(2)25-10-12-31(8)15-17-34(30(6,7)28(31)38-25)37-21-24(40-34)20-23(3)26-11-13-32(9)14-16-33(35-18-19-36-33)29(4,5)27(32)39-26/h22-28H,10-21H2,1-9H3/t23?,24?,25?,26-,27+,28+,31?,32?,34?/m1/s1. The molecule has 0 aromatic rings. The zero-order valence-electron chi connectivity index (χ0n) is 27.0. The van der Waals surface area contributed by atoms with E-state index >= 15 is 0 Å². The van der Waals surface area contributed by atoms with Crippen molar-refractivity contribution in [3.63, 3.8) is 0 Å². The molecular weight excluding hydrogens is 504 g/mol. The van der Waals surface area contributed by atoms with Gasteiger partial charge in [-0.3, -0.25) is 0 Å². The van der Waals surface area contributed by atoms with E-state index in [1.54, 1.807) is 0 Å². The quantitative estimate of drug-likeness (QED) is 0.359. The van der Waals surface area contributed by atoms with E-state index in [1.165, 1.54) is 12.8 Å². The van der Waals surface area contributed by atoms with Gasteiger partial charge in [-0.1, -0.05) is 62.3 Å². The van der Waals surface area contributed by atoms with Crippen LogP contribution in [0.3, 0.4) is 0 Å². The van der Waals surface area contributed by atoms with Crippen LogP contribution in [0, 0.1) is 33.5 Å². The Morgan fingerprint density at radius 3 is 1.75 bits per heavy atom. The van der Waals surface area contributed by atoms with Crippen LogP contribution in [0.4, 0.5) is 0 Å². The van der Waals surface area contributed by atoms with E-state index in [-0.39, 0.29) is 46.1 Å². The van der Waals surface area contributed by atoms with Crippen LogP contribution in [0.15, 0.2) is 0 Å². The molecule has 0 aromatic carbocycles. The van der Waals surface area contributed by atoms with Crippen LogP contribution in [-0.2, 0) is 28.4 Å². The first kappa shape index (κ1) is 29.8. The topological polar surface area (TPSA) is 55.4 Å². The molecule has 40 heavy (non-hydrogen) atoms. The Hall–Kier alpha value is -0.240. The highest BCUT2D eigenvalue weighted by Crippen LogP contribution is 2.62. The van der Waals surface area contributed by atoms with Crippen molar-refractivity contribution in [2.75, 3.05) is 19.8 Å². The van der Waals surface area contributed by atoms with Crippen LogP contribution in [0.5, 0.6) is 0 Å². The molecule has 6 fully saturated rings. The van der Waals surface area contributed by atoms with Gasteiger partial charge in [-0.2, -0.15) is 0 Å². The minimum Gasteiger partial charge on any atom is -0.373 e. The van der Waals surface area contributed by atoms with Gasteiger partial charge in [0.15, 0.2) is 11.6 Å². The van der Waals surface area contributed by atoms with Gasteiger partial charge in [-0.05, 0) is 67.6 Å². The van der Waals surface area contributed by atoms with E-state index in [2.05, 4.69) is 62.3 Å². The first-order chi connectivity index (χ1) is 18.7. The second kappa shape index (κ2) is 9.89. The van der Waals surface area contributed by atoms with Gasteiger partial charge < -0.3 is 28.4 Å². The molecule has 2 saturated carbocycles. The van der Waals surface area contributed by atoms with Gasteiger partial charge in [0, 0.05) is 23.7 Å². The summed E-state index contributed by atoms with van der Waals surface area (Å²) in [5.41, 5.74) is -0.0450. The molecule has 0 aromatic heterocycles. The summed E-state index contributed by atoms with van der Waals surface area (Å²) in [4.78, 5) is 0. The first-order valence-corrected chi connectivity index (χ1v) is 16.6. The number of fused-ring (bicyclic) bond motifs is 2. The van der Waals surface area contributed by atoms with Crippen LogP contribution in [-0.4, -0.2) is 61.9 Å². The predicted octanol–water partition coefficient (Wildman–Crippen LogP) is 7.27. The van der Waals surface area contributed by atoms with E-state index in [0.717, 1.165) is 44.9 Å². The zero-order chi connectivity index (χ0) is 28.8. The highest BCUT2D eigenvalue weighted by Gasteiger charge is 2.66. The van der Waals surface area contributed by atoms with E-state index in [0.29, 0.717) is 37.8 Å². The van der Waals surface area contributed by atoms with Gasteiger partial charge in [0.1, 0.15) is 0 Å². The van der Waals surface area contributed by atoms with Crippen molar-refractivity contribution in [3.05, 3.63) is 0 Å². The monoisotopic (exact) mass is 562 g/mol. The molecule has 230 valence electrons. The van der Waals surface area contributed by atoms with Gasteiger partial charge in [-0.25, -0.2) is 0 Å². The van der Waals surface area contributed by atoms with Crippen molar-refractivity contribution in [2.45, 2.75) is 162 Å². The van der Waals surface area contributed by atoms with Crippen molar-refractivity contribution in [1.29, 1.82) is 0 Å². The molecule has 0 amide bonds. The Balaban J connectivity index is 1.13. The molecular formula is C34H58O6. The van der Waals surface area contributed by atoms with Gasteiger partial charge in [0.2, 0.25) is 0 Å². The van der Waals surface area contributed by atoms with Crippen LogP contribution >= 0.6 is 0 Å². The summed E-state index contributed by atoms with van der Waals surface area (Å²) in [6, 6.07) is 0. The molecule has 4 aliphatic heterocycles. The van der Waals surface area contributed by atoms with Crippen LogP contribution in [0.1, 0.15) is 120 Å². The summed E-state index contributed by atoms with van der Waals surface area (Å²) in [6.07, 6.45) is 10.6. The third-order valence-electron chi connectivity index (χ3n) is 12.8. The van der Waals surface area contributed by atoms with E-state index in [9.17, 15) is 0 Å². The lowest BCUT2D eigenvalue weighted by Crippen LogP contribution is -2.65. The maximum absolute atomic E-state index is 7.09. The number of hydrogen-bond acceptors (Lipinski definition) is 6. The molecule has 6 aliphatic rings. The fourth-order valence-corrected chi connectivity index (χ4v) is 10.2. The number of ether oxygens (including phenoxy) is 6. The Morgan fingerprint density at radius 2 is 1.15 bits per heavy atom. The van der Waals surface area contributed by atoms with Crippen molar-refractivity contribution < 1.29 is 28.4 Å². The second-order valence-corrected chi connectivity index (χ2v) is 16.6. The molecule has 6 rings (SSSR count). The molecule has 6 nitrogen and oxygen atoms in total. The highest BCUT2D eigenvalue weighted by atomic mass is 16.8.